The Bertz CT molecular complexity index is 504. The lowest BCUT2D eigenvalue weighted by Gasteiger charge is -2.15. The van der Waals surface area contributed by atoms with Crippen LogP contribution in [0.5, 0.6) is 0 Å². The van der Waals surface area contributed by atoms with Crippen LogP contribution in [-0.4, -0.2) is 26.2 Å². The minimum absolute atomic E-state index is 0.106. The van der Waals surface area contributed by atoms with Crippen LogP contribution in [0.3, 0.4) is 0 Å². The Morgan fingerprint density at radius 2 is 2.11 bits per heavy atom. The average molecular weight is 276 g/mol. The number of anilines is 1. The molecule has 102 valence electrons. The van der Waals surface area contributed by atoms with Gasteiger partial charge in [-0.05, 0) is 31.0 Å². The predicted octanol–water partition coefficient (Wildman–Crippen LogP) is 0.766. The fraction of sp³-hybridized carbons (Fsp3) is 0.455. The Morgan fingerprint density at radius 1 is 1.50 bits per heavy atom. The molecule has 0 amide bonds. The van der Waals surface area contributed by atoms with E-state index in [2.05, 4.69) is 4.72 Å². The van der Waals surface area contributed by atoms with Gasteiger partial charge in [-0.25, -0.2) is 17.5 Å². The Kier molecular flexibility index (Phi) is 4.66. The van der Waals surface area contributed by atoms with Crippen LogP contribution in [0, 0.1) is 12.7 Å². The molecule has 0 saturated heterocycles. The molecule has 18 heavy (non-hydrogen) atoms. The lowest BCUT2D eigenvalue weighted by atomic mass is 10.2. The second kappa shape index (κ2) is 5.64. The number of aryl methyl sites for hydroxylation is 1. The predicted molar refractivity (Wildman–Crippen MR) is 67.0 cm³/mol. The molecule has 1 rings (SSSR count). The molecule has 1 aromatic rings. The number of nitrogen functional groups attached to an aromatic ring is 1. The summed E-state index contributed by atoms with van der Waals surface area (Å²) in [7, 11) is -3.80. The van der Waals surface area contributed by atoms with Crippen LogP contribution < -0.4 is 10.5 Å². The molecule has 0 fully saturated rings. The van der Waals surface area contributed by atoms with E-state index >= 15 is 0 Å². The number of nitrogens with one attached hydrogen (secondary N) is 1. The molecule has 0 aliphatic rings. The SMILES string of the molecule is CC[C@H](CO)NS(=O)(=O)c1cc(C)c(F)c(N)c1. The summed E-state index contributed by atoms with van der Waals surface area (Å²) in [6.45, 7) is 2.88. The zero-order valence-corrected chi connectivity index (χ0v) is 11.1. The minimum Gasteiger partial charge on any atom is -0.396 e. The van der Waals surface area contributed by atoms with Crippen LogP contribution >= 0.6 is 0 Å². The highest BCUT2D eigenvalue weighted by Crippen LogP contribution is 2.21. The Hall–Kier alpha value is -1.18. The van der Waals surface area contributed by atoms with Crippen molar-refractivity contribution in [1.82, 2.24) is 4.72 Å². The van der Waals surface area contributed by atoms with Crippen molar-refractivity contribution in [2.75, 3.05) is 12.3 Å². The van der Waals surface area contributed by atoms with Crippen LogP contribution in [0.4, 0.5) is 10.1 Å². The number of aliphatic hydroxyl groups excluding tert-OH is 1. The standard InChI is InChI=1S/C11H17FN2O3S/c1-3-8(6-15)14-18(16,17)9-4-7(2)11(12)10(13)5-9/h4-5,8,14-15H,3,6,13H2,1-2H3/t8-/m1/s1. The van der Waals surface area contributed by atoms with Crippen molar-refractivity contribution in [1.29, 1.82) is 0 Å². The lowest BCUT2D eigenvalue weighted by Crippen LogP contribution is -2.37. The number of sulfonamides is 1. The third kappa shape index (κ3) is 3.18. The van der Waals surface area contributed by atoms with E-state index in [9.17, 15) is 12.8 Å². The highest BCUT2D eigenvalue weighted by Gasteiger charge is 2.20. The molecule has 0 aliphatic carbocycles. The zero-order chi connectivity index (χ0) is 13.9. The van der Waals surface area contributed by atoms with Crippen LogP contribution in [0.15, 0.2) is 17.0 Å². The van der Waals surface area contributed by atoms with Gasteiger partial charge in [0.15, 0.2) is 0 Å². The molecule has 0 aliphatic heterocycles. The van der Waals surface area contributed by atoms with Crippen LogP contribution in [0.1, 0.15) is 18.9 Å². The maximum Gasteiger partial charge on any atom is 0.240 e. The molecule has 4 N–H and O–H groups in total. The smallest absolute Gasteiger partial charge is 0.240 e. The van der Waals surface area contributed by atoms with Crippen molar-refractivity contribution in [2.45, 2.75) is 31.2 Å². The third-order valence-corrected chi connectivity index (χ3v) is 4.10. The monoisotopic (exact) mass is 276 g/mol. The van der Waals surface area contributed by atoms with Crippen molar-refractivity contribution in [2.24, 2.45) is 0 Å². The maximum absolute atomic E-state index is 13.3. The van der Waals surface area contributed by atoms with Crippen molar-refractivity contribution >= 4 is 15.7 Å². The summed E-state index contributed by atoms with van der Waals surface area (Å²) in [5.41, 5.74) is 5.34. The van der Waals surface area contributed by atoms with Gasteiger partial charge >= 0.3 is 0 Å². The Morgan fingerprint density at radius 3 is 2.56 bits per heavy atom. The minimum atomic E-state index is -3.80. The number of rotatable bonds is 5. The summed E-state index contributed by atoms with van der Waals surface area (Å²) in [6, 6.07) is 1.70. The van der Waals surface area contributed by atoms with E-state index in [4.69, 9.17) is 10.8 Å². The first-order valence-corrected chi connectivity index (χ1v) is 6.99. The fourth-order valence-electron chi connectivity index (χ4n) is 1.46. The average Bonchev–Trinajstić information content (AvgIpc) is 2.32. The second-order valence-corrected chi connectivity index (χ2v) is 5.77. The molecule has 0 radical (unpaired) electrons. The summed E-state index contributed by atoms with van der Waals surface area (Å²) in [6.07, 6.45) is 0.450. The summed E-state index contributed by atoms with van der Waals surface area (Å²) in [5.74, 6) is -0.622. The second-order valence-electron chi connectivity index (χ2n) is 4.05. The number of hydrogen-bond donors (Lipinski definition) is 3. The van der Waals surface area contributed by atoms with Crippen molar-refractivity contribution < 1.29 is 17.9 Å². The molecule has 0 bridgehead atoms. The van der Waals surface area contributed by atoms with E-state index < -0.39 is 21.9 Å². The van der Waals surface area contributed by atoms with Crippen LogP contribution in [0.25, 0.3) is 0 Å². The molecular formula is C11H17FN2O3S. The quantitative estimate of drug-likeness (QED) is 0.692. The van der Waals surface area contributed by atoms with E-state index in [1.807, 2.05) is 0 Å². The maximum atomic E-state index is 13.3. The van der Waals surface area contributed by atoms with Crippen LogP contribution in [0.2, 0.25) is 0 Å². The largest absolute Gasteiger partial charge is 0.396 e. The normalized spacial score (nSPS) is 13.6. The van der Waals surface area contributed by atoms with Gasteiger partial charge in [0.1, 0.15) is 5.82 Å². The third-order valence-electron chi connectivity index (χ3n) is 2.60. The summed E-state index contributed by atoms with van der Waals surface area (Å²) < 4.78 is 39.6. The summed E-state index contributed by atoms with van der Waals surface area (Å²) >= 11 is 0. The Balaban J connectivity index is 3.13. The number of nitrogens with two attached hydrogens (primary N) is 1. The molecule has 0 aromatic heterocycles. The van der Waals surface area contributed by atoms with Gasteiger partial charge in [0, 0.05) is 6.04 Å². The van der Waals surface area contributed by atoms with Crippen molar-refractivity contribution in [3.63, 3.8) is 0 Å². The molecule has 0 spiro atoms. The molecule has 1 aromatic carbocycles. The van der Waals surface area contributed by atoms with Gasteiger partial charge in [-0.15, -0.1) is 0 Å². The molecule has 1 atom stereocenters. The van der Waals surface area contributed by atoms with Gasteiger partial charge in [0.05, 0.1) is 17.2 Å². The fourth-order valence-corrected chi connectivity index (χ4v) is 2.89. The summed E-state index contributed by atoms with van der Waals surface area (Å²) in [4.78, 5) is -0.106. The zero-order valence-electron chi connectivity index (χ0n) is 10.3. The number of halogens is 1. The number of benzene rings is 1. The topological polar surface area (TPSA) is 92.4 Å². The van der Waals surface area contributed by atoms with Gasteiger partial charge in [-0.2, -0.15) is 0 Å². The highest BCUT2D eigenvalue weighted by atomic mass is 32.2. The molecule has 0 heterocycles. The van der Waals surface area contributed by atoms with E-state index in [0.29, 0.717) is 6.42 Å². The van der Waals surface area contributed by atoms with Crippen molar-refractivity contribution in [3.8, 4) is 0 Å². The molecule has 7 heteroatoms. The molecular weight excluding hydrogens is 259 g/mol. The van der Waals surface area contributed by atoms with E-state index in [1.54, 1.807) is 6.92 Å². The van der Waals surface area contributed by atoms with E-state index in [-0.39, 0.29) is 22.8 Å². The van der Waals surface area contributed by atoms with E-state index in [0.717, 1.165) is 6.07 Å². The van der Waals surface area contributed by atoms with Gasteiger partial charge in [-0.1, -0.05) is 6.92 Å². The number of aliphatic hydroxyl groups is 1. The van der Waals surface area contributed by atoms with Gasteiger partial charge < -0.3 is 10.8 Å². The van der Waals surface area contributed by atoms with E-state index in [1.165, 1.54) is 13.0 Å². The molecule has 0 saturated carbocycles. The Labute approximate surface area is 106 Å². The van der Waals surface area contributed by atoms with Crippen molar-refractivity contribution in [3.05, 3.63) is 23.5 Å². The lowest BCUT2D eigenvalue weighted by molar-refractivity contribution is 0.254. The number of hydrogen-bond acceptors (Lipinski definition) is 4. The first-order valence-electron chi connectivity index (χ1n) is 5.50. The van der Waals surface area contributed by atoms with Gasteiger partial charge in [-0.3, -0.25) is 0 Å². The van der Waals surface area contributed by atoms with Gasteiger partial charge in [0.2, 0.25) is 10.0 Å². The first kappa shape index (κ1) is 14.9. The first-order chi connectivity index (χ1) is 8.31. The van der Waals surface area contributed by atoms with Gasteiger partial charge in [0.25, 0.3) is 0 Å². The van der Waals surface area contributed by atoms with Crippen LogP contribution in [-0.2, 0) is 10.0 Å². The summed E-state index contributed by atoms with van der Waals surface area (Å²) in [5, 5.41) is 8.98. The highest BCUT2D eigenvalue weighted by molar-refractivity contribution is 7.89. The molecule has 5 nitrogen and oxygen atoms in total. The molecule has 0 unspecified atom stereocenters.